The molecule has 0 aliphatic heterocycles. The van der Waals surface area contributed by atoms with Gasteiger partial charge in [0, 0.05) is 49.5 Å². The number of rotatable bonds is 19. The molecule has 1 heterocycles. The molecular weight excluding hydrogens is 670 g/mol. The Kier molecular flexibility index (Phi) is 15.1. The minimum absolute atomic E-state index is 0.0246. The Labute approximate surface area is 294 Å². The summed E-state index contributed by atoms with van der Waals surface area (Å²) in [5, 5.41) is 26.2. The number of amides is 2. The van der Waals surface area contributed by atoms with E-state index >= 15 is 0 Å². The predicted octanol–water partition coefficient (Wildman–Crippen LogP) is 2.98. The number of aliphatic hydroxyl groups excluding tert-OH is 1. The van der Waals surface area contributed by atoms with Crippen molar-refractivity contribution in [1.82, 2.24) is 20.0 Å². The van der Waals surface area contributed by atoms with Crippen LogP contribution in [0.2, 0.25) is 0 Å². The molecule has 15 heteroatoms. The lowest BCUT2D eigenvalue weighted by molar-refractivity contribution is -0.140. The van der Waals surface area contributed by atoms with Crippen LogP contribution in [0.15, 0.2) is 54.7 Å². The number of aliphatic hydroxyl groups is 1. The van der Waals surface area contributed by atoms with Crippen LogP contribution in [0.25, 0.3) is 5.69 Å². The van der Waals surface area contributed by atoms with Gasteiger partial charge in [-0.15, -0.1) is 0 Å². The zero-order chi connectivity index (χ0) is 37.0. The van der Waals surface area contributed by atoms with Crippen molar-refractivity contribution in [3.8, 4) is 5.69 Å². The van der Waals surface area contributed by atoms with Crippen LogP contribution in [0.1, 0.15) is 62.9 Å². The third-order valence-corrected chi connectivity index (χ3v) is 9.01. The molecule has 12 nitrogen and oxygen atoms in total. The molecule has 0 saturated heterocycles. The molecule has 3 atom stereocenters. The maximum Gasteiger partial charge on any atom is 0.321 e. The number of nitrogens with two attached hydrogens (primary N) is 2. The van der Waals surface area contributed by atoms with Crippen LogP contribution in [0.5, 0.6) is 0 Å². The van der Waals surface area contributed by atoms with Crippen molar-refractivity contribution in [3.05, 3.63) is 83.2 Å². The summed E-state index contributed by atoms with van der Waals surface area (Å²) in [4.78, 5) is 50.5. The molecule has 0 aliphatic carbocycles. The average molecular weight is 717 g/mol. The fourth-order valence-corrected chi connectivity index (χ4v) is 6.27. The standard InChI is InChI=1S/C35H46F2N6O6S/c1-35(2,3)32(31-23(16-22-8-5-4-6-9-22)18-43(41-31)29-17-24(36)11-12-26(29)37)42(30(46)19-44)15-13-27(38)33(47)40-14-7-10-25(45)20-50-21-28(39)34(48)49/h4-6,8-9,11-12,17-18,27-28,32,44H,7,10,13-16,19-21,38-39H2,1-3H3,(H,40,47)(H,48,49)/t27-,28-,32-/m0/s1. The van der Waals surface area contributed by atoms with Crippen molar-refractivity contribution in [2.75, 3.05) is 31.2 Å². The molecule has 50 heavy (non-hydrogen) atoms. The van der Waals surface area contributed by atoms with Crippen molar-refractivity contribution in [2.45, 2.75) is 64.6 Å². The van der Waals surface area contributed by atoms with Gasteiger partial charge in [0.2, 0.25) is 11.8 Å². The number of thioether (sulfide) groups is 1. The molecule has 0 radical (unpaired) electrons. The van der Waals surface area contributed by atoms with Gasteiger partial charge in [-0.1, -0.05) is 51.1 Å². The number of carbonyl (C=O) groups is 4. The van der Waals surface area contributed by atoms with Crippen molar-refractivity contribution in [2.24, 2.45) is 16.9 Å². The first-order valence-corrected chi connectivity index (χ1v) is 17.4. The minimum atomic E-state index is -1.14. The number of carboxylic acid groups (broad SMARTS) is 1. The van der Waals surface area contributed by atoms with E-state index in [0.29, 0.717) is 24.1 Å². The van der Waals surface area contributed by atoms with Crippen molar-refractivity contribution >= 4 is 35.3 Å². The summed E-state index contributed by atoms with van der Waals surface area (Å²) in [6.07, 6.45) is 2.52. The van der Waals surface area contributed by atoms with Crippen LogP contribution < -0.4 is 16.8 Å². The predicted molar refractivity (Wildman–Crippen MR) is 187 cm³/mol. The second kappa shape index (κ2) is 18.7. The van der Waals surface area contributed by atoms with E-state index in [9.17, 15) is 33.1 Å². The second-order valence-corrected chi connectivity index (χ2v) is 14.1. The van der Waals surface area contributed by atoms with E-state index in [1.54, 1.807) is 6.20 Å². The van der Waals surface area contributed by atoms with Gasteiger partial charge >= 0.3 is 5.97 Å². The van der Waals surface area contributed by atoms with Gasteiger partial charge < -0.3 is 31.9 Å². The van der Waals surface area contributed by atoms with Gasteiger partial charge in [-0.05, 0) is 36.0 Å². The van der Waals surface area contributed by atoms with Gasteiger partial charge in [-0.2, -0.15) is 16.9 Å². The normalized spacial score (nSPS) is 13.4. The van der Waals surface area contributed by atoms with Gasteiger partial charge in [0.05, 0.1) is 23.5 Å². The first-order chi connectivity index (χ1) is 23.6. The Balaban J connectivity index is 1.77. The third kappa shape index (κ3) is 11.7. The molecule has 3 rings (SSSR count). The van der Waals surface area contributed by atoms with E-state index in [1.807, 2.05) is 51.1 Å². The lowest BCUT2D eigenvalue weighted by Gasteiger charge is -2.40. The molecule has 0 unspecified atom stereocenters. The average Bonchev–Trinajstić information content (AvgIpc) is 3.47. The smallest absolute Gasteiger partial charge is 0.321 e. The maximum absolute atomic E-state index is 14.9. The highest BCUT2D eigenvalue weighted by Gasteiger charge is 2.38. The molecule has 1 aromatic heterocycles. The fourth-order valence-electron chi connectivity index (χ4n) is 5.38. The molecule has 0 saturated carbocycles. The van der Waals surface area contributed by atoms with Gasteiger partial charge in [0.15, 0.2) is 0 Å². The van der Waals surface area contributed by atoms with Crippen molar-refractivity contribution in [1.29, 1.82) is 0 Å². The van der Waals surface area contributed by atoms with Gasteiger partial charge in [-0.3, -0.25) is 19.2 Å². The lowest BCUT2D eigenvalue weighted by atomic mass is 9.81. The largest absolute Gasteiger partial charge is 0.480 e. The van der Waals surface area contributed by atoms with E-state index in [-0.39, 0.29) is 48.9 Å². The molecule has 272 valence electrons. The highest BCUT2D eigenvalue weighted by molar-refractivity contribution is 8.00. The zero-order valence-electron chi connectivity index (χ0n) is 28.5. The molecule has 2 amide bonds. The highest BCUT2D eigenvalue weighted by Crippen LogP contribution is 2.40. The van der Waals surface area contributed by atoms with E-state index in [0.717, 1.165) is 35.5 Å². The van der Waals surface area contributed by atoms with Crippen molar-refractivity contribution in [3.63, 3.8) is 0 Å². The lowest BCUT2D eigenvalue weighted by Crippen LogP contribution is -2.47. The Morgan fingerprint density at radius 3 is 2.40 bits per heavy atom. The molecular formula is C35H46F2N6O6S. The number of aliphatic carboxylic acids is 1. The number of benzene rings is 2. The van der Waals surface area contributed by atoms with Crippen LogP contribution in [0, 0.1) is 17.0 Å². The highest BCUT2D eigenvalue weighted by atomic mass is 32.2. The number of hydrogen-bond acceptors (Lipinski definition) is 9. The Bertz CT molecular complexity index is 1620. The topological polar surface area (TPSA) is 194 Å². The van der Waals surface area contributed by atoms with E-state index in [2.05, 4.69) is 5.32 Å². The number of ketones is 1. The summed E-state index contributed by atoms with van der Waals surface area (Å²) in [6, 6.07) is 9.65. The number of halogens is 2. The minimum Gasteiger partial charge on any atom is -0.480 e. The van der Waals surface area contributed by atoms with Crippen LogP contribution in [0.4, 0.5) is 8.78 Å². The van der Waals surface area contributed by atoms with Crippen LogP contribution in [0.3, 0.4) is 0 Å². The summed E-state index contributed by atoms with van der Waals surface area (Å²) in [5.74, 6) is -3.48. The van der Waals surface area contributed by atoms with E-state index in [4.69, 9.17) is 21.7 Å². The number of hydrogen-bond donors (Lipinski definition) is 5. The van der Waals surface area contributed by atoms with Crippen LogP contribution in [-0.4, -0.2) is 91.7 Å². The number of carboxylic acids is 1. The monoisotopic (exact) mass is 716 g/mol. The number of Topliss-reactive ketones (excluding diaryl/α,β-unsaturated/α-hetero) is 1. The summed E-state index contributed by atoms with van der Waals surface area (Å²) in [6.45, 7) is 4.98. The summed E-state index contributed by atoms with van der Waals surface area (Å²) >= 11 is 1.13. The summed E-state index contributed by atoms with van der Waals surface area (Å²) in [7, 11) is 0. The molecule has 0 spiro atoms. The quantitative estimate of drug-likeness (QED) is 0.115. The van der Waals surface area contributed by atoms with Crippen LogP contribution >= 0.6 is 11.8 Å². The first kappa shape index (κ1) is 40.3. The van der Waals surface area contributed by atoms with Gasteiger partial charge in [0.1, 0.15) is 35.8 Å². The molecule has 2 aromatic carbocycles. The number of nitrogens with zero attached hydrogens (tertiary/aromatic N) is 3. The molecule has 7 N–H and O–H groups in total. The van der Waals surface area contributed by atoms with Gasteiger partial charge in [0.25, 0.3) is 0 Å². The number of nitrogens with one attached hydrogen (secondary N) is 1. The fraction of sp³-hybridized carbons (Fsp3) is 0.457. The molecule has 0 aliphatic rings. The molecule has 0 bridgehead atoms. The first-order valence-electron chi connectivity index (χ1n) is 16.2. The maximum atomic E-state index is 14.9. The molecule has 3 aromatic rings. The Morgan fingerprint density at radius 1 is 1.06 bits per heavy atom. The molecule has 0 fully saturated rings. The second-order valence-electron chi connectivity index (χ2n) is 13.0. The zero-order valence-corrected chi connectivity index (χ0v) is 29.3. The number of aromatic nitrogens is 2. The Morgan fingerprint density at radius 2 is 1.76 bits per heavy atom. The Hall–Kier alpha value is -4.18. The van der Waals surface area contributed by atoms with Crippen molar-refractivity contribution < 1.29 is 38.2 Å². The van der Waals surface area contributed by atoms with Gasteiger partial charge in [-0.25, -0.2) is 13.5 Å². The summed E-state index contributed by atoms with van der Waals surface area (Å²) < 4.78 is 30.4. The summed E-state index contributed by atoms with van der Waals surface area (Å²) in [5.41, 5.74) is 12.8. The van der Waals surface area contributed by atoms with Crippen LogP contribution in [-0.2, 0) is 25.6 Å². The van der Waals surface area contributed by atoms with E-state index in [1.165, 1.54) is 9.58 Å². The van der Waals surface area contributed by atoms with E-state index < -0.39 is 59.6 Å². The third-order valence-electron chi connectivity index (χ3n) is 7.89. The number of carbonyl (C=O) groups excluding carboxylic acids is 3. The SMILES string of the molecule is CC(C)(C)[C@H](c1nn(-c2cc(F)ccc2F)cc1Cc1ccccc1)N(CC[C@H](N)C(=O)NCCCC(=O)CSC[C@H](N)C(=O)O)C(=O)CO.